The van der Waals surface area contributed by atoms with E-state index in [-0.39, 0.29) is 31.3 Å². The molecule has 1 amide bonds. The fourth-order valence-electron chi connectivity index (χ4n) is 3.15. The average molecular weight is 415 g/mol. The Kier molecular flexibility index (Phi) is 6.95. The van der Waals surface area contributed by atoms with Crippen LogP contribution in [0.3, 0.4) is 0 Å². The number of hydrogen-bond acceptors (Lipinski definition) is 5. The van der Waals surface area contributed by atoms with Gasteiger partial charge in [-0.25, -0.2) is 4.39 Å². The summed E-state index contributed by atoms with van der Waals surface area (Å²) >= 11 is 1.24. The molecule has 3 aromatic rings. The highest BCUT2D eigenvalue weighted by Gasteiger charge is 2.25. The topological polar surface area (TPSA) is 55.8 Å². The second-order valence-corrected chi connectivity index (χ2v) is 7.55. The molecule has 1 aromatic heterocycles. The summed E-state index contributed by atoms with van der Waals surface area (Å²) in [5.41, 5.74) is 1.47. The number of amides is 1. The fraction of sp³-hybridized carbons (Fsp3) is 0.273. The summed E-state index contributed by atoms with van der Waals surface area (Å²) < 4.78 is 25.1. The van der Waals surface area contributed by atoms with Gasteiger partial charge in [0, 0.05) is 35.8 Å². The predicted molar refractivity (Wildman–Crippen MR) is 110 cm³/mol. The number of halogens is 1. The molecule has 0 spiro atoms. The number of rotatable bonds is 8. The Balaban J connectivity index is 1.98. The van der Waals surface area contributed by atoms with E-state index in [1.165, 1.54) is 31.6 Å². The number of nitrogens with zero attached hydrogens (tertiary/aromatic N) is 1. The van der Waals surface area contributed by atoms with E-state index in [4.69, 9.17) is 9.47 Å². The molecule has 0 N–H and O–H groups in total. The molecular weight excluding hydrogens is 393 g/mol. The summed E-state index contributed by atoms with van der Waals surface area (Å²) in [6.07, 6.45) is 0.0773. The average Bonchev–Trinajstić information content (AvgIpc) is 3.11. The highest BCUT2D eigenvalue weighted by molar-refractivity contribution is 7.21. The minimum absolute atomic E-state index is 0.0773. The van der Waals surface area contributed by atoms with E-state index < -0.39 is 5.97 Å². The Morgan fingerprint density at radius 3 is 2.52 bits per heavy atom. The lowest BCUT2D eigenvalue weighted by atomic mass is 10.1. The Bertz CT molecular complexity index is 1000. The van der Waals surface area contributed by atoms with E-state index in [9.17, 15) is 14.0 Å². The van der Waals surface area contributed by atoms with Crippen molar-refractivity contribution in [2.75, 3.05) is 20.8 Å². The van der Waals surface area contributed by atoms with Crippen LogP contribution in [0.25, 0.3) is 10.1 Å². The van der Waals surface area contributed by atoms with Crippen molar-refractivity contribution in [1.29, 1.82) is 0 Å². The summed E-state index contributed by atoms with van der Waals surface area (Å²) in [6, 6.07) is 14.3. The number of ether oxygens (including phenoxy) is 2. The number of esters is 1. The first-order valence-corrected chi connectivity index (χ1v) is 9.95. The molecule has 7 heteroatoms. The first-order valence-electron chi connectivity index (χ1n) is 9.14. The summed E-state index contributed by atoms with van der Waals surface area (Å²) in [4.78, 5) is 27.1. The maximum absolute atomic E-state index is 14.5. The van der Waals surface area contributed by atoms with Crippen LogP contribution in [0.4, 0.5) is 4.39 Å². The second-order valence-electron chi connectivity index (χ2n) is 6.49. The lowest BCUT2D eigenvalue weighted by molar-refractivity contribution is -0.140. The number of thiophene rings is 1. The number of hydrogen-bond donors (Lipinski definition) is 0. The highest BCUT2D eigenvalue weighted by atomic mass is 32.1. The molecule has 0 aliphatic heterocycles. The molecule has 29 heavy (non-hydrogen) atoms. The second kappa shape index (κ2) is 9.62. The molecule has 0 unspecified atom stereocenters. The molecular formula is C22H22FNO4S. The smallest absolute Gasteiger partial charge is 0.307 e. The van der Waals surface area contributed by atoms with E-state index in [1.807, 2.05) is 30.3 Å². The van der Waals surface area contributed by atoms with Crippen molar-refractivity contribution in [3.8, 4) is 0 Å². The van der Waals surface area contributed by atoms with Gasteiger partial charge in [-0.15, -0.1) is 11.3 Å². The van der Waals surface area contributed by atoms with Crippen LogP contribution in [0.1, 0.15) is 27.2 Å². The summed E-state index contributed by atoms with van der Waals surface area (Å²) in [5, 5.41) is 0.412. The molecule has 3 rings (SSSR count). The number of fused-ring (bicyclic) bond motifs is 1. The van der Waals surface area contributed by atoms with Crippen LogP contribution in [-0.4, -0.2) is 37.5 Å². The molecule has 0 radical (unpaired) electrons. The molecule has 0 aliphatic rings. The van der Waals surface area contributed by atoms with Crippen molar-refractivity contribution in [1.82, 2.24) is 4.90 Å². The molecule has 0 bridgehead atoms. The van der Waals surface area contributed by atoms with Crippen molar-refractivity contribution < 1.29 is 23.5 Å². The minimum atomic E-state index is -0.393. The fourth-order valence-corrected chi connectivity index (χ4v) is 4.34. The van der Waals surface area contributed by atoms with Gasteiger partial charge in [-0.2, -0.15) is 0 Å². The van der Waals surface area contributed by atoms with Gasteiger partial charge in [-0.3, -0.25) is 9.59 Å². The van der Waals surface area contributed by atoms with E-state index in [2.05, 4.69) is 0 Å². The van der Waals surface area contributed by atoms with Gasteiger partial charge in [0.15, 0.2) is 0 Å². The van der Waals surface area contributed by atoms with Crippen LogP contribution in [0, 0.1) is 5.82 Å². The molecule has 0 fully saturated rings. The molecule has 0 aliphatic carbocycles. The summed E-state index contributed by atoms with van der Waals surface area (Å²) in [5.74, 6) is -1.03. The van der Waals surface area contributed by atoms with Gasteiger partial charge in [0.1, 0.15) is 5.82 Å². The van der Waals surface area contributed by atoms with Crippen LogP contribution in [-0.2, 0) is 27.4 Å². The van der Waals surface area contributed by atoms with Crippen molar-refractivity contribution in [2.45, 2.75) is 19.6 Å². The van der Waals surface area contributed by atoms with Gasteiger partial charge < -0.3 is 14.4 Å². The Hall–Kier alpha value is -2.77. The molecule has 5 nitrogen and oxygen atoms in total. The maximum Gasteiger partial charge on any atom is 0.307 e. The summed E-state index contributed by atoms with van der Waals surface area (Å²) in [6.45, 7) is 0.654. The number of carbonyl (C=O) groups excluding carboxylic acids is 2. The van der Waals surface area contributed by atoms with Crippen molar-refractivity contribution in [3.63, 3.8) is 0 Å². The van der Waals surface area contributed by atoms with Gasteiger partial charge in [-0.05, 0) is 17.7 Å². The van der Waals surface area contributed by atoms with Crippen molar-refractivity contribution in [3.05, 3.63) is 70.4 Å². The normalized spacial score (nSPS) is 10.9. The third-order valence-corrected chi connectivity index (χ3v) is 5.75. The maximum atomic E-state index is 14.5. The Labute approximate surface area is 172 Å². The van der Waals surface area contributed by atoms with Crippen LogP contribution >= 0.6 is 11.3 Å². The quantitative estimate of drug-likeness (QED) is 0.512. The minimum Gasteiger partial charge on any atom is -0.469 e. The first-order chi connectivity index (χ1) is 14.0. The zero-order valence-corrected chi connectivity index (χ0v) is 17.1. The highest BCUT2D eigenvalue weighted by Crippen LogP contribution is 2.34. The Morgan fingerprint density at radius 1 is 1.07 bits per heavy atom. The lowest BCUT2D eigenvalue weighted by Gasteiger charge is -2.22. The Morgan fingerprint density at radius 2 is 1.83 bits per heavy atom. The van der Waals surface area contributed by atoms with Crippen molar-refractivity contribution >= 4 is 33.3 Å². The zero-order valence-electron chi connectivity index (χ0n) is 16.3. The predicted octanol–water partition coefficient (Wildman–Crippen LogP) is 4.39. The van der Waals surface area contributed by atoms with E-state index >= 15 is 0 Å². The van der Waals surface area contributed by atoms with Gasteiger partial charge in [0.25, 0.3) is 5.91 Å². The van der Waals surface area contributed by atoms with E-state index in [1.54, 1.807) is 17.0 Å². The third-order valence-electron chi connectivity index (χ3n) is 4.56. The largest absolute Gasteiger partial charge is 0.469 e. The monoisotopic (exact) mass is 415 g/mol. The van der Waals surface area contributed by atoms with E-state index in [0.717, 1.165) is 5.56 Å². The number of methoxy groups -OCH3 is 2. The standard InChI is InChI=1S/C22H22FNO4S/c1-27-14-16-20-17(23)9-6-10-18(20)29-21(16)22(26)24(12-11-19(25)28-2)13-15-7-4-3-5-8-15/h3-10H,11-14H2,1-2H3. The van der Waals surface area contributed by atoms with Crippen molar-refractivity contribution in [2.24, 2.45) is 0 Å². The third kappa shape index (κ3) is 4.81. The van der Waals surface area contributed by atoms with Gasteiger partial charge in [-0.1, -0.05) is 36.4 Å². The van der Waals surface area contributed by atoms with Gasteiger partial charge in [0.05, 0.1) is 25.0 Å². The SMILES string of the molecule is COCc1c(C(=O)N(CCC(=O)OC)Cc2ccccc2)sc2cccc(F)c12. The summed E-state index contributed by atoms with van der Waals surface area (Å²) in [7, 11) is 2.83. The van der Waals surface area contributed by atoms with Gasteiger partial charge in [0.2, 0.25) is 0 Å². The first kappa shape index (κ1) is 21.0. The van der Waals surface area contributed by atoms with Crippen LogP contribution in [0.5, 0.6) is 0 Å². The zero-order chi connectivity index (χ0) is 20.8. The lowest BCUT2D eigenvalue weighted by Crippen LogP contribution is -2.33. The molecule has 1 heterocycles. The molecule has 0 atom stereocenters. The van der Waals surface area contributed by atoms with Crippen LogP contribution < -0.4 is 0 Å². The molecule has 2 aromatic carbocycles. The number of benzene rings is 2. The van der Waals surface area contributed by atoms with Gasteiger partial charge >= 0.3 is 5.97 Å². The molecule has 0 saturated heterocycles. The number of carbonyl (C=O) groups is 2. The van der Waals surface area contributed by atoms with E-state index in [0.29, 0.717) is 27.1 Å². The van der Waals surface area contributed by atoms with Crippen LogP contribution in [0.15, 0.2) is 48.5 Å². The van der Waals surface area contributed by atoms with Crippen LogP contribution in [0.2, 0.25) is 0 Å². The molecule has 0 saturated carbocycles. The molecule has 152 valence electrons.